The van der Waals surface area contributed by atoms with Gasteiger partial charge in [-0.3, -0.25) is 4.79 Å². The molecule has 3 rings (SSSR count). The highest BCUT2D eigenvalue weighted by molar-refractivity contribution is 5.70. The molecule has 0 saturated carbocycles. The fourth-order valence-corrected chi connectivity index (χ4v) is 3.71. The third kappa shape index (κ3) is 4.72. The van der Waals surface area contributed by atoms with Gasteiger partial charge >= 0.3 is 12.1 Å². The molecule has 0 radical (unpaired) electrons. The van der Waals surface area contributed by atoms with E-state index < -0.39 is 18.5 Å². The van der Waals surface area contributed by atoms with Crippen molar-refractivity contribution in [2.24, 2.45) is 13.0 Å². The Balaban J connectivity index is 1.92. The normalized spacial score (nSPS) is 17.3. The number of halogens is 3. The van der Waals surface area contributed by atoms with Crippen LogP contribution in [0.1, 0.15) is 37.6 Å². The van der Waals surface area contributed by atoms with Crippen LogP contribution in [0.25, 0.3) is 11.4 Å². The number of hydrogen-bond donors (Lipinski definition) is 1. The second kappa shape index (κ2) is 8.99. The molecule has 30 heavy (non-hydrogen) atoms. The molecule has 1 aliphatic rings. The largest absolute Gasteiger partial charge is 0.466 e. The quantitative estimate of drug-likeness (QED) is 0.708. The summed E-state index contributed by atoms with van der Waals surface area (Å²) in [5.74, 6) is -0.424. The molecule has 1 N–H and O–H groups in total. The number of aromatic nitrogens is 4. The molecule has 1 atom stereocenters. The van der Waals surface area contributed by atoms with Gasteiger partial charge in [0, 0.05) is 20.1 Å². The summed E-state index contributed by atoms with van der Waals surface area (Å²) in [5.41, 5.74) is -0.685. The summed E-state index contributed by atoms with van der Waals surface area (Å²) in [5, 5.41) is 17.1. The van der Waals surface area contributed by atoms with Gasteiger partial charge in [-0.05, 0) is 37.8 Å². The van der Waals surface area contributed by atoms with Crippen LogP contribution in [0.15, 0.2) is 12.1 Å². The maximum atomic E-state index is 13.8. The maximum Gasteiger partial charge on any atom is 0.435 e. The van der Waals surface area contributed by atoms with Gasteiger partial charge in [-0.15, -0.1) is 5.10 Å². The number of aryl methyl sites for hydroxylation is 1. The summed E-state index contributed by atoms with van der Waals surface area (Å²) >= 11 is 0. The fraction of sp³-hybridized carbons (Fsp3) is 0.579. The van der Waals surface area contributed by atoms with Crippen LogP contribution in [0, 0.1) is 5.92 Å². The summed E-state index contributed by atoms with van der Waals surface area (Å²) in [4.78, 5) is 17.2. The lowest BCUT2D eigenvalue weighted by Gasteiger charge is -2.35. The highest BCUT2D eigenvalue weighted by atomic mass is 19.4. The number of alkyl halides is 3. The van der Waals surface area contributed by atoms with Crippen LogP contribution in [0.5, 0.6) is 0 Å². The molecule has 8 nitrogen and oxygen atoms in total. The molecule has 0 aliphatic carbocycles. The van der Waals surface area contributed by atoms with E-state index >= 15 is 0 Å². The Morgan fingerprint density at radius 3 is 2.80 bits per heavy atom. The Kier molecular flexibility index (Phi) is 6.59. The van der Waals surface area contributed by atoms with Crippen molar-refractivity contribution < 1.29 is 27.8 Å². The number of carbonyl (C=O) groups is 1. The molecule has 11 heteroatoms. The molecule has 2 aromatic heterocycles. The van der Waals surface area contributed by atoms with E-state index in [1.54, 1.807) is 18.9 Å². The Labute approximate surface area is 171 Å². The van der Waals surface area contributed by atoms with Crippen molar-refractivity contribution in [2.75, 3.05) is 24.6 Å². The average molecular weight is 427 g/mol. The molecule has 0 aromatic carbocycles. The number of nitrogens with zero attached hydrogens (tertiary/aromatic N) is 5. The van der Waals surface area contributed by atoms with E-state index in [2.05, 4.69) is 15.3 Å². The van der Waals surface area contributed by atoms with E-state index in [9.17, 15) is 23.1 Å². The molecule has 1 saturated heterocycles. The summed E-state index contributed by atoms with van der Waals surface area (Å²) in [6.07, 6.45) is -3.08. The van der Waals surface area contributed by atoms with Crippen molar-refractivity contribution in [1.82, 2.24) is 20.0 Å². The predicted molar refractivity (Wildman–Crippen MR) is 101 cm³/mol. The molecule has 1 aliphatic heterocycles. The molecular weight excluding hydrogens is 403 g/mol. The minimum Gasteiger partial charge on any atom is -0.466 e. The Morgan fingerprint density at radius 1 is 1.37 bits per heavy atom. The number of ether oxygens (including phenoxy) is 1. The molecular formula is C19H24F3N5O3. The molecule has 164 valence electrons. The fourth-order valence-electron chi connectivity index (χ4n) is 3.71. The summed E-state index contributed by atoms with van der Waals surface area (Å²) in [7, 11) is 1.54. The van der Waals surface area contributed by atoms with Crippen LogP contribution in [0.4, 0.5) is 18.9 Å². The Morgan fingerprint density at radius 2 is 2.13 bits per heavy atom. The third-order valence-electron chi connectivity index (χ3n) is 5.10. The summed E-state index contributed by atoms with van der Waals surface area (Å²) < 4.78 is 47.8. The first-order valence-electron chi connectivity index (χ1n) is 9.73. The molecule has 0 bridgehead atoms. The van der Waals surface area contributed by atoms with Gasteiger partial charge in [0.1, 0.15) is 5.69 Å². The first-order chi connectivity index (χ1) is 14.2. The van der Waals surface area contributed by atoms with E-state index in [0.29, 0.717) is 19.5 Å². The van der Waals surface area contributed by atoms with Crippen LogP contribution >= 0.6 is 0 Å². The van der Waals surface area contributed by atoms with Crippen molar-refractivity contribution in [3.05, 3.63) is 23.5 Å². The van der Waals surface area contributed by atoms with E-state index in [-0.39, 0.29) is 47.7 Å². The number of carbonyl (C=O) groups excluding carboxylic acids is 1. The topological polar surface area (TPSA) is 93.4 Å². The lowest BCUT2D eigenvalue weighted by Crippen LogP contribution is -2.37. The van der Waals surface area contributed by atoms with Gasteiger partial charge in [0.25, 0.3) is 0 Å². The Bertz CT molecular complexity index is 900. The van der Waals surface area contributed by atoms with Gasteiger partial charge < -0.3 is 14.7 Å². The Hall–Kier alpha value is -2.69. The zero-order valence-electron chi connectivity index (χ0n) is 16.8. The van der Waals surface area contributed by atoms with Crippen molar-refractivity contribution in [3.63, 3.8) is 0 Å². The van der Waals surface area contributed by atoms with Crippen LogP contribution < -0.4 is 4.90 Å². The van der Waals surface area contributed by atoms with E-state index in [1.165, 1.54) is 16.8 Å². The lowest BCUT2D eigenvalue weighted by molar-refractivity contribution is -0.144. The number of hydrogen-bond acceptors (Lipinski definition) is 7. The minimum atomic E-state index is -4.68. The third-order valence-corrected chi connectivity index (χ3v) is 5.10. The highest BCUT2D eigenvalue weighted by Crippen LogP contribution is 2.38. The second-order valence-electron chi connectivity index (χ2n) is 7.19. The minimum absolute atomic E-state index is 0.0108. The predicted octanol–water partition coefficient (Wildman–Crippen LogP) is 2.56. The van der Waals surface area contributed by atoms with Gasteiger partial charge in [-0.1, -0.05) is 5.21 Å². The molecule has 0 unspecified atom stereocenters. The smallest absolute Gasteiger partial charge is 0.435 e. The van der Waals surface area contributed by atoms with Crippen LogP contribution in [0.3, 0.4) is 0 Å². The van der Waals surface area contributed by atoms with Crippen LogP contribution in [0.2, 0.25) is 0 Å². The van der Waals surface area contributed by atoms with Crippen molar-refractivity contribution in [3.8, 4) is 11.4 Å². The van der Waals surface area contributed by atoms with E-state index in [4.69, 9.17) is 4.74 Å². The van der Waals surface area contributed by atoms with Gasteiger partial charge in [-0.2, -0.15) is 13.2 Å². The number of pyridine rings is 1. The molecule has 3 heterocycles. The van der Waals surface area contributed by atoms with Crippen LogP contribution in [-0.2, 0) is 29.4 Å². The zero-order chi connectivity index (χ0) is 21.9. The highest BCUT2D eigenvalue weighted by Gasteiger charge is 2.38. The van der Waals surface area contributed by atoms with E-state index in [0.717, 1.165) is 6.42 Å². The maximum absolute atomic E-state index is 13.8. The number of esters is 1. The van der Waals surface area contributed by atoms with E-state index in [1.807, 2.05) is 0 Å². The molecule has 2 aromatic rings. The standard InChI is InChI=1S/C19H24F3N5O3/c1-3-30-16(29)9-12-5-4-8-27(10-12)14-7-6-13(23-18(14)19(20,21)22)17-15(11-28)26(2)25-24-17/h6-7,12,28H,3-5,8-11H2,1-2H3/t12-/m1/s1. The first kappa shape index (κ1) is 22.0. The second-order valence-corrected chi connectivity index (χ2v) is 7.19. The summed E-state index contributed by atoms with van der Waals surface area (Å²) in [6, 6.07) is 2.82. The van der Waals surface area contributed by atoms with Gasteiger partial charge in [-0.25, -0.2) is 9.67 Å². The van der Waals surface area contributed by atoms with Crippen molar-refractivity contribution >= 4 is 11.7 Å². The zero-order valence-corrected chi connectivity index (χ0v) is 16.8. The summed E-state index contributed by atoms with van der Waals surface area (Å²) in [6.45, 7) is 2.32. The first-order valence-corrected chi connectivity index (χ1v) is 9.73. The van der Waals surface area contributed by atoms with Crippen molar-refractivity contribution in [2.45, 2.75) is 39.0 Å². The van der Waals surface area contributed by atoms with Gasteiger partial charge in [0.2, 0.25) is 0 Å². The number of piperidine rings is 1. The SMILES string of the molecule is CCOC(=O)C[C@H]1CCCN(c2ccc(-c3nnn(C)c3CO)nc2C(F)(F)F)C1. The van der Waals surface area contributed by atoms with Crippen molar-refractivity contribution in [1.29, 1.82) is 0 Å². The van der Waals surface area contributed by atoms with Gasteiger partial charge in [0.15, 0.2) is 5.69 Å². The molecule has 0 spiro atoms. The number of anilines is 1. The molecule has 1 fully saturated rings. The van der Waals surface area contributed by atoms with Gasteiger partial charge in [0.05, 0.1) is 36.7 Å². The van der Waals surface area contributed by atoms with Crippen LogP contribution in [-0.4, -0.2) is 50.8 Å². The average Bonchev–Trinajstić information content (AvgIpc) is 3.07. The number of aliphatic hydroxyl groups excluding tert-OH is 1. The monoisotopic (exact) mass is 427 g/mol. The number of rotatable bonds is 6. The number of aliphatic hydroxyl groups is 1. The molecule has 0 amide bonds. The lowest BCUT2D eigenvalue weighted by atomic mass is 9.94.